The fraction of sp³-hybridized carbons (Fsp3) is 0.960. The third-order valence-corrected chi connectivity index (χ3v) is 11.7. The van der Waals surface area contributed by atoms with Gasteiger partial charge in [0.2, 0.25) is 0 Å². The second-order valence-electron chi connectivity index (χ2n) is 17.2. The van der Waals surface area contributed by atoms with E-state index in [0.29, 0.717) is 39.6 Å². The Kier molecular flexibility index (Phi) is 45.9. The molecule has 0 spiro atoms. The molecule has 0 radical (unpaired) electrons. The summed E-state index contributed by atoms with van der Waals surface area (Å²) < 4.78 is 22.8. The Labute approximate surface area is 360 Å². The van der Waals surface area contributed by atoms with Crippen LogP contribution in [0.2, 0.25) is 0 Å². The number of carbonyl (C=O) groups excluding carboxylic acids is 2. The van der Waals surface area contributed by atoms with E-state index in [1.165, 1.54) is 103 Å². The number of carbonyl (C=O) groups is 2. The molecule has 0 aliphatic heterocycles. The van der Waals surface area contributed by atoms with Crippen molar-refractivity contribution in [1.29, 1.82) is 0 Å². The number of rotatable bonds is 48. The molecule has 0 fully saturated rings. The van der Waals surface area contributed by atoms with Gasteiger partial charge in [0.25, 0.3) is 0 Å². The minimum atomic E-state index is 0.0381. The summed E-state index contributed by atoms with van der Waals surface area (Å²) in [4.78, 5) is 28.6. The highest BCUT2D eigenvalue weighted by molar-refractivity contribution is 5.72. The average Bonchev–Trinajstić information content (AvgIpc) is 3.23. The Morgan fingerprint density at radius 1 is 0.379 bits per heavy atom. The topological polar surface area (TPSA) is 94.5 Å². The Morgan fingerprint density at radius 2 is 0.707 bits per heavy atom. The molecule has 0 aromatic rings. The quantitative estimate of drug-likeness (QED) is 0.0479. The number of unbranched alkanes of at least 4 members (excludes halogenated alkanes) is 22. The summed E-state index contributed by atoms with van der Waals surface area (Å²) in [6.45, 7) is 15.2. The smallest absolute Gasteiger partial charge is 0.308 e. The second-order valence-corrected chi connectivity index (χ2v) is 17.2. The molecule has 0 aliphatic rings. The Bertz CT molecular complexity index is 785. The van der Waals surface area contributed by atoms with Crippen molar-refractivity contribution >= 4 is 11.9 Å². The summed E-state index contributed by atoms with van der Waals surface area (Å²) in [5.74, 6) is 0.239. The van der Waals surface area contributed by atoms with Crippen molar-refractivity contribution in [1.82, 2.24) is 4.90 Å². The number of ether oxygens (including phenoxy) is 4. The van der Waals surface area contributed by atoms with E-state index in [4.69, 9.17) is 24.1 Å². The van der Waals surface area contributed by atoms with Crippen LogP contribution in [0.3, 0.4) is 0 Å². The van der Waals surface area contributed by atoms with Crippen molar-refractivity contribution in [2.24, 2.45) is 11.8 Å². The van der Waals surface area contributed by atoms with Gasteiger partial charge in [-0.05, 0) is 64.5 Å². The molecule has 0 rings (SSSR count). The van der Waals surface area contributed by atoms with E-state index in [1.54, 1.807) is 0 Å². The molecule has 58 heavy (non-hydrogen) atoms. The van der Waals surface area contributed by atoms with Gasteiger partial charge in [-0.25, -0.2) is 0 Å². The van der Waals surface area contributed by atoms with E-state index in [2.05, 4.69) is 32.6 Å². The van der Waals surface area contributed by atoms with E-state index in [0.717, 1.165) is 122 Å². The summed E-state index contributed by atoms with van der Waals surface area (Å²) in [5, 5.41) is 8.92. The highest BCUT2D eigenvalue weighted by Crippen LogP contribution is 2.22. The standard InChI is InChI=1S/C50H99NO7/c1-5-9-13-17-19-27-35-47(33-25-15-11-7-3)49(53)57-41-31-23-21-29-37-51(39-43-55-45-46-56-44-40-52)38-30-22-24-32-42-58-50(54)48(34-26-16-12-8-4)36-28-20-18-14-10-6-2/h47-48,52H,5-46H2,1-4H3. The molecule has 0 bridgehead atoms. The first kappa shape index (κ1) is 56.8. The molecule has 8 nitrogen and oxygen atoms in total. The van der Waals surface area contributed by atoms with Crippen LogP contribution in [0.15, 0.2) is 0 Å². The lowest BCUT2D eigenvalue weighted by Gasteiger charge is -2.22. The molecule has 346 valence electrons. The number of nitrogens with zero attached hydrogens (tertiary/aromatic N) is 1. The van der Waals surface area contributed by atoms with Crippen LogP contribution in [-0.2, 0) is 28.5 Å². The lowest BCUT2D eigenvalue weighted by Crippen LogP contribution is -2.30. The van der Waals surface area contributed by atoms with Crippen molar-refractivity contribution < 1.29 is 33.6 Å². The van der Waals surface area contributed by atoms with Gasteiger partial charge >= 0.3 is 11.9 Å². The summed E-state index contributed by atoms with van der Waals surface area (Å²) in [5.41, 5.74) is 0. The van der Waals surface area contributed by atoms with E-state index in [-0.39, 0.29) is 30.4 Å². The molecule has 2 atom stereocenters. The van der Waals surface area contributed by atoms with Crippen molar-refractivity contribution in [3.63, 3.8) is 0 Å². The summed E-state index contributed by atoms with van der Waals surface area (Å²) in [7, 11) is 0. The Balaban J connectivity index is 4.57. The first-order valence-electron chi connectivity index (χ1n) is 25.4. The van der Waals surface area contributed by atoms with Crippen LogP contribution in [-0.4, -0.2) is 87.8 Å². The predicted octanol–water partition coefficient (Wildman–Crippen LogP) is 13.2. The highest BCUT2D eigenvalue weighted by atomic mass is 16.5. The van der Waals surface area contributed by atoms with E-state index in [9.17, 15) is 9.59 Å². The molecular formula is C50H99NO7. The third-order valence-electron chi connectivity index (χ3n) is 11.7. The molecule has 0 heterocycles. The summed E-state index contributed by atoms with van der Waals surface area (Å²) in [6, 6.07) is 0. The van der Waals surface area contributed by atoms with Crippen molar-refractivity contribution in [2.45, 2.75) is 233 Å². The van der Waals surface area contributed by atoms with E-state index >= 15 is 0 Å². The van der Waals surface area contributed by atoms with Gasteiger partial charge in [0.15, 0.2) is 0 Å². The average molecular weight is 826 g/mol. The van der Waals surface area contributed by atoms with Gasteiger partial charge in [0.1, 0.15) is 0 Å². The molecule has 0 saturated carbocycles. The maximum Gasteiger partial charge on any atom is 0.308 e. The zero-order chi connectivity index (χ0) is 42.4. The van der Waals surface area contributed by atoms with Crippen LogP contribution in [0.1, 0.15) is 233 Å². The molecule has 0 aromatic heterocycles. The lowest BCUT2D eigenvalue weighted by molar-refractivity contribution is -0.150. The molecule has 0 amide bonds. The first-order chi connectivity index (χ1) is 28.5. The predicted molar refractivity (Wildman–Crippen MR) is 245 cm³/mol. The highest BCUT2D eigenvalue weighted by Gasteiger charge is 2.20. The van der Waals surface area contributed by atoms with E-state index < -0.39 is 0 Å². The van der Waals surface area contributed by atoms with Crippen LogP contribution in [0, 0.1) is 11.8 Å². The molecule has 1 N–H and O–H groups in total. The lowest BCUT2D eigenvalue weighted by atomic mass is 9.94. The molecule has 0 saturated heterocycles. The maximum atomic E-state index is 13.0. The zero-order valence-corrected chi connectivity index (χ0v) is 39.2. The number of esters is 2. The van der Waals surface area contributed by atoms with Crippen molar-refractivity contribution in [3.05, 3.63) is 0 Å². The van der Waals surface area contributed by atoms with Crippen molar-refractivity contribution in [2.75, 3.05) is 65.9 Å². The molecule has 0 aromatic carbocycles. The van der Waals surface area contributed by atoms with Crippen LogP contribution in [0.25, 0.3) is 0 Å². The molecular weight excluding hydrogens is 727 g/mol. The monoisotopic (exact) mass is 826 g/mol. The Hall–Kier alpha value is -1.22. The summed E-state index contributed by atoms with van der Waals surface area (Å²) in [6.07, 6.45) is 37.3. The number of aliphatic hydroxyl groups excluding tert-OH is 1. The SMILES string of the molecule is CCCCCCCCC(CCCCCC)C(=O)OCCCCCCN(CCCCCCOC(=O)C(CCCCCC)CCCCCCCC)CCOCCOCCO. The van der Waals surface area contributed by atoms with Crippen LogP contribution in [0.5, 0.6) is 0 Å². The maximum absolute atomic E-state index is 13.0. The largest absolute Gasteiger partial charge is 0.465 e. The fourth-order valence-corrected chi connectivity index (χ4v) is 7.82. The normalized spacial score (nSPS) is 12.7. The van der Waals surface area contributed by atoms with Gasteiger partial charge in [0, 0.05) is 6.54 Å². The van der Waals surface area contributed by atoms with Crippen LogP contribution < -0.4 is 0 Å². The van der Waals surface area contributed by atoms with Gasteiger partial charge in [0.05, 0.1) is 58.1 Å². The Morgan fingerprint density at radius 3 is 1.10 bits per heavy atom. The minimum absolute atomic E-state index is 0.0381. The third kappa shape index (κ3) is 38.9. The van der Waals surface area contributed by atoms with E-state index in [1.807, 2.05) is 0 Å². The number of aliphatic hydroxyl groups is 1. The number of hydrogen-bond acceptors (Lipinski definition) is 8. The van der Waals surface area contributed by atoms with Crippen molar-refractivity contribution in [3.8, 4) is 0 Å². The number of hydrogen-bond donors (Lipinski definition) is 1. The van der Waals surface area contributed by atoms with Gasteiger partial charge in [-0.15, -0.1) is 0 Å². The zero-order valence-electron chi connectivity index (χ0n) is 39.2. The molecule has 8 heteroatoms. The molecule has 0 aliphatic carbocycles. The van der Waals surface area contributed by atoms with Gasteiger partial charge in [-0.2, -0.15) is 0 Å². The van der Waals surface area contributed by atoms with Gasteiger partial charge in [-0.3, -0.25) is 9.59 Å². The fourth-order valence-electron chi connectivity index (χ4n) is 7.82. The first-order valence-corrected chi connectivity index (χ1v) is 25.4. The van der Waals surface area contributed by atoms with Crippen LogP contribution in [0.4, 0.5) is 0 Å². The summed E-state index contributed by atoms with van der Waals surface area (Å²) >= 11 is 0. The van der Waals surface area contributed by atoms with Gasteiger partial charge in [-0.1, -0.05) is 182 Å². The van der Waals surface area contributed by atoms with Gasteiger partial charge < -0.3 is 29.0 Å². The minimum Gasteiger partial charge on any atom is -0.465 e. The van der Waals surface area contributed by atoms with Crippen LogP contribution >= 0.6 is 0 Å². The molecule has 2 unspecified atom stereocenters. The second kappa shape index (κ2) is 46.8.